The third kappa shape index (κ3) is 19.6. The molecule has 0 aromatic heterocycles. The van der Waals surface area contributed by atoms with Crippen LogP contribution in [0, 0.1) is 13.0 Å². The molecule has 0 spiro atoms. The predicted octanol–water partition coefficient (Wildman–Crippen LogP) is 4.91. The van der Waals surface area contributed by atoms with Crippen LogP contribution in [0.4, 0.5) is 0 Å². The average molecular weight is 360 g/mol. The summed E-state index contributed by atoms with van der Waals surface area (Å²) < 4.78 is 6.30. The molecule has 0 radical (unpaired) electrons. The van der Waals surface area contributed by atoms with Crippen LogP contribution in [0.25, 0.3) is 0 Å². The standard InChI is InChI=1S/C21H43NO2.H2O/c1-6-8-10-12-16-20(15-9-7-2)19-24-21(23)17-13-11-14-18-22(3,4)5;/h20H,3,6-19H2,1-2,4-5H3;1H2. The molecule has 0 aromatic rings. The first-order valence-electron chi connectivity index (χ1n) is 10.2. The molecule has 4 nitrogen and oxygen atoms in total. The van der Waals surface area contributed by atoms with Gasteiger partial charge in [0, 0.05) is 20.5 Å². The maximum absolute atomic E-state index is 11.9. The lowest BCUT2D eigenvalue weighted by Crippen LogP contribution is -2.32. The summed E-state index contributed by atoms with van der Waals surface area (Å²) in [5.41, 5.74) is 0. The van der Waals surface area contributed by atoms with Crippen LogP contribution < -0.4 is 0 Å². The van der Waals surface area contributed by atoms with Crippen LogP contribution in [0.2, 0.25) is 0 Å². The van der Waals surface area contributed by atoms with Crippen molar-refractivity contribution < 1.29 is 19.5 Å². The van der Waals surface area contributed by atoms with Crippen molar-refractivity contribution in [3.63, 3.8) is 0 Å². The maximum atomic E-state index is 11.9. The van der Waals surface area contributed by atoms with E-state index in [2.05, 4.69) is 35.0 Å². The first-order valence-corrected chi connectivity index (χ1v) is 10.2. The van der Waals surface area contributed by atoms with E-state index in [0.29, 0.717) is 18.9 Å². The molecule has 4 heteroatoms. The Morgan fingerprint density at radius 2 is 1.52 bits per heavy atom. The van der Waals surface area contributed by atoms with Crippen LogP contribution in [-0.4, -0.2) is 43.2 Å². The summed E-state index contributed by atoms with van der Waals surface area (Å²) in [6, 6.07) is 0. The molecular weight excluding hydrogens is 314 g/mol. The molecule has 25 heavy (non-hydrogen) atoms. The Morgan fingerprint density at radius 1 is 0.920 bits per heavy atom. The van der Waals surface area contributed by atoms with E-state index in [1.54, 1.807) is 0 Å². The molecule has 0 aliphatic carbocycles. The number of carbonyl (C=O) groups excluding carboxylic acids is 1. The second-order valence-corrected chi connectivity index (χ2v) is 8.01. The molecule has 0 rings (SSSR count). The normalized spacial score (nSPS) is 12.5. The Bertz CT molecular complexity index is 300. The summed E-state index contributed by atoms with van der Waals surface area (Å²) in [4.78, 5) is 11.9. The van der Waals surface area contributed by atoms with Gasteiger partial charge in [0.2, 0.25) is 0 Å². The summed E-state index contributed by atoms with van der Waals surface area (Å²) in [6.45, 7) is 6.17. The lowest BCUT2D eigenvalue weighted by molar-refractivity contribution is -0.845. The largest absolute Gasteiger partial charge is 0.465 e. The lowest BCUT2D eigenvalue weighted by atomic mass is 9.96. The highest BCUT2D eigenvalue weighted by atomic mass is 16.5. The first-order chi connectivity index (χ1) is 11.4. The van der Waals surface area contributed by atoms with E-state index in [-0.39, 0.29) is 11.4 Å². The molecular formula is C21H45NO3. The van der Waals surface area contributed by atoms with Crippen molar-refractivity contribution >= 4 is 5.97 Å². The van der Waals surface area contributed by atoms with E-state index >= 15 is 0 Å². The van der Waals surface area contributed by atoms with Crippen molar-refractivity contribution in [3.8, 4) is 0 Å². The second kappa shape index (κ2) is 16.8. The zero-order valence-electron chi connectivity index (χ0n) is 17.4. The number of hydrogen-bond acceptors (Lipinski definition) is 2. The second-order valence-electron chi connectivity index (χ2n) is 8.01. The van der Waals surface area contributed by atoms with E-state index in [4.69, 9.17) is 4.74 Å². The zero-order valence-corrected chi connectivity index (χ0v) is 17.4. The molecule has 0 aliphatic rings. The third-order valence-electron chi connectivity index (χ3n) is 4.56. The molecule has 152 valence electrons. The monoisotopic (exact) mass is 359 g/mol. The fourth-order valence-electron chi connectivity index (χ4n) is 2.93. The Morgan fingerprint density at radius 3 is 2.12 bits per heavy atom. The van der Waals surface area contributed by atoms with Crippen molar-refractivity contribution in [2.45, 2.75) is 90.9 Å². The molecule has 0 saturated heterocycles. The number of carbonyl (C=O) groups is 1. The zero-order chi connectivity index (χ0) is 18.3. The highest BCUT2D eigenvalue weighted by Crippen LogP contribution is 2.18. The fraction of sp³-hybridized carbons (Fsp3) is 0.905. The van der Waals surface area contributed by atoms with E-state index < -0.39 is 0 Å². The van der Waals surface area contributed by atoms with Crippen LogP contribution in [0.1, 0.15) is 90.9 Å². The quantitative estimate of drug-likeness (QED) is 0.170. The summed E-state index contributed by atoms with van der Waals surface area (Å²) in [5, 5.41) is 0. The Kier molecular flexibility index (Phi) is 17.9. The van der Waals surface area contributed by atoms with Crippen molar-refractivity contribution in [2.75, 3.05) is 27.2 Å². The summed E-state index contributed by atoms with van der Waals surface area (Å²) in [6.07, 6.45) is 13.8. The average Bonchev–Trinajstić information content (AvgIpc) is 2.51. The summed E-state index contributed by atoms with van der Waals surface area (Å²) in [5.74, 6) is 0.559. The highest BCUT2D eigenvalue weighted by molar-refractivity contribution is 5.69. The molecule has 0 aromatic carbocycles. The molecule has 2 N–H and O–H groups in total. The van der Waals surface area contributed by atoms with Crippen molar-refractivity contribution in [2.24, 2.45) is 5.92 Å². The lowest BCUT2D eigenvalue weighted by Gasteiger charge is -2.32. The molecule has 1 atom stereocenters. The molecule has 0 saturated carbocycles. The van der Waals surface area contributed by atoms with Crippen LogP contribution in [0.15, 0.2) is 0 Å². The topological polar surface area (TPSA) is 57.8 Å². The SMILES string of the molecule is O.[CH2-][N+](C)(C)CCCCCC(=O)OCC(CCCC)CCCCCC. The van der Waals surface area contributed by atoms with E-state index in [9.17, 15) is 4.79 Å². The Balaban J connectivity index is 0. The Labute approximate surface area is 157 Å². The fourth-order valence-corrected chi connectivity index (χ4v) is 2.93. The van der Waals surface area contributed by atoms with Crippen molar-refractivity contribution in [3.05, 3.63) is 7.05 Å². The molecule has 0 heterocycles. The van der Waals surface area contributed by atoms with Gasteiger partial charge in [-0.15, -0.1) is 7.05 Å². The molecule has 0 aliphatic heterocycles. The maximum Gasteiger partial charge on any atom is 0.305 e. The van der Waals surface area contributed by atoms with E-state index in [1.165, 1.54) is 51.4 Å². The number of unbranched alkanes of at least 4 members (excludes halogenated alkanes) is 6. The minimum absolute atomic E-state index is 0. The van der Waals surface area contributed by atoms with Gasteiger partial charge >= 0.3 is 5.97 Å². The van der Waals surface area contributed by atoms with Crippen LogP contribution in [0.5, 0.6) is 0 Å². The van der Waals surface area contributed by atoms with Gasteiger partial charge in [0.05, 0.1) is 13.2 Å². The number of hydrogen-bond donors (Lipinski definition) is 0. The number of esters is 1. The van der Waals surface area contributed by atoms with Gasteiger partial charge in [-0.2, -0.15) is 0 Å². The van der Waals surface area contributed by atoms with Crippen LogP contribution >= 0.6 is 0 Å². The van der Waals surface area contributed by atoms with Gasteiger partial charge in [-0.05, 0) is 38.0 Å². The van der Waals surface area contributed by atoms with Crippen LogP contribution in [0.3, 0.4) is 0 Å². The minimum Gasteiger partial charge on any atom is -0.465 e. The van der Waals surface area contributed by atoms with Gasteiger partial charge < -0.3 is 14.7 Å². The highest BCUT2D eigenvalue weighted by Gasteiger charge is 2.12. The molecule has 0 amide bonds. The van der Waals surface area contributed by atoms with Gasteiger partial charge in [-0.3, -0.25) is 4.79 Å². The summed E-state index contributed by atoms with van der Waals surface area (Å²) >= 11 is 0. The van der Waals surface area contributed by atoms with E-state index in [1.807, 2.05) is 0 Å². The van der Waals surface area contributed by atoms with Gasteiger partial charge in [0.15, 0.2) is 0 Å². The Hall–Kier alpha value is -0.610. The van der Waals surface area contributed by atoms with Crippen molar-refractivity contribution in [1.82, 2.24) is 0 Å². The molecule has 0 fully saturated rings. The molecule has 1 unspecified atom stereocenters. The van der Waals surface area contributed by atoms with Gasteiger partial charge in [0.1, 0.15) is 0 Å². The van der Waals surface area contributed by atoms with Gasteiger partial charge in [-0.1, -0.05) is 52.4 Å². The van der Waals surface area contributed by atoms with E-state index in [0.717, 1.165) is 30.3 Å². The first kappa shape index (κ1) is 26.6. The third-order valence-corrected chi connectivity index (χ3v) is 4.56. The molecule has 0 bridgehead atoms. The smallest absolute Gasteiger partial charge is 0.305 e. The van der Waals surface area contributed by atoms with Gasteiger partial charge in [0.25, 0.3) is 0 Å². The number of ether oxygens (including phenoxy) is 1. The summed E-state index contributed by atoms with van der Waals surface area (Å²) in [7, 11) is 8.26. The number of quaternary nitrogens is 1. The number of rotatable bonds is 16. The van der Waals surface area contributed by atoms with Gasteiger partial charge in [-0.25, -0.2) is 0 Å². The predicted molar refractivity (Wildman–Crippen MR) is 107 cm³/mol. The van der Waals surface area contributed by atoms with Crippen molar-refractivity contribution in [1.29, 1.82) is 0 Å². The number of nitrogens with zero attached hydrogens (tertiary/aromatic N) is 1. The van der Waals surface area contributed by atoms with Crippen LogP contribution in [-0.2, 0) is 9.53 Å². The minimum atomic E-state index is -0.00608.